The van der Waals surface area contributed by atoms with Crippen molar-refractivity contribution in [2.45, 2.75) is 10.6 Å². The largest absolute Gasteiger partial charge is 0.351 e. The fourth-order valence-electron chi connectivity index (χ4n) is 2.80. The number of carbonyl (C=O) groups excluding carboxylic acids is 1. The van der Waals surface area contributed by atoms with E-state index in [-0.39, 0.29) is 18.3 Å². The van der Waals surface area contributed by atoms with E-state index in [1.54, 1.807) is 11.8 Å². The Morgan fingerprint density at radius 2 is 1.73 bits per heavy atom. The number of hydrogen-bond acceptors (Lipinski definition) is 4. The minimum Gasteiger partial charge on any atom is -0.351 e. The normalized spacial score (nSPS) is 14.5. The third kappa shape index (κ3) is 6.65. The molecule has 0 aliphatic carbocycles. The van der Waals surface area contributed by atoms with Crippen LogP contribution < -0.4 is 10.6 Å². The van der Waals surface area contributed by atoms with Gasteiger partial charge in [-0.25, -0.2) is 0 Å². The quantitative estimate of drug-likeness (QED) is 0.712. The monoisotopic (exact) mass is 391 g/mol. The number of piperazine rings is 1. The molecule has 6 heteroatoms. The van der Waals surface area contributed by atoms with Crippen molar-refractivity contribution >= 4 is 30.1 Å². The lowest BCUT2D eigenvalue weighted by molar-refractivity contribution is 0.0947. The fraction of sp³-hybridized carbons (Fsp3) is 0.350. The second-order valence-electron chi connectivity index (χ2n) is 6.15. The van der Waals surface area contributed by atoms with Crippen LogP contribution in [0.4, 0.5) is 0 Å². The molecule has 2 N–H and O–H groups in total. The van der Waals surface area contributed by atoms with Gasteiger partial charge in [0.25, 0.3) is 5.91 Å². The predicted molar refractivity (Wildman–Crippen MR) is 111 cm³/mol. The number of thioether (sulfide) groups is 1. The molecule has 3 rings (SSSR count). The van der Waals surface area contributed by atoms with Gasteiger partial charge in [0.1, 0.15) is 0 Å². The molecule has 2 aromatic carbocycles. The summed E-state index contributed by atoms with van der Waals surface area (Å²) in [6.45, 7) is 5.81. The van der Waals surface area contributed by atoms with Crippen LogP contribution in [-0.2, 0) is 5.75 Å². The van der Waals surface area contributed by atoms with Crippen LogP contribution in [0.25, 0.3) is 0 Å². The first-order valence-electron chi connectivity index (χ1n) is 8.79. The molecule has 0 bridgehead atoms. The summed E-state index contributed by atoms with van der Waals surface area (Å²) in [5.41, 5.74) is 1.96. The van der Waals surface area contributed by atoms with Gasteiger partial charge in [0.05, 0.1) is 0 Å². The molecule has 0 spiro atoms. The topological polar surface area (TPSA) is 44.4 Å². The Hall–Kier alpha value is -1.53. The van der Waals surface area contributed by atoms with Gasteiger partial charge < -0.3 is 10.6 Å². The molecule has 4 nitrogen and oxygen atoms in total. The summed E-state index contributed by atoms with van der Waals surface area (Å²) in [5, 5.41) is 6.35. The highest BCUT2D eigenvalue weighted by Crippen LogP contribution is 2.22. The summed E-state index contributed by atoms with van der Waals surface area (Å²) >= 11 is 1.81. The third-order valence-electron chi connectivity index (χ3n) is 4.29. The molecule has 1 fully saturated rings. The van der Waals surface area contributed by atoms with Gasteiger partial charge in [-0.05, 0) is 29.8 Å². The average Bonchev–Trinajstić information content (AvgIpc) is 2.68. The van der Waals surface area contributed by atoms with Crippen LogP contribution in [0.5, 0.6) is 0 Å². The van der Waals surface area contributed by atoms with Crippen molar-refractivity contribution in [1.82, 2.24) is 15.5 Å². The number of halogens is 1. The van der Waals surface area contributed by atoms with E-state index < -0.39 is 0 Å². The van der Waals surface area contributed by atoms with E-state index in [9.17, 15) is 4.79 Å². The molecule has 0 saturated carbocycles. The Balaban J connectivity index is 0.00000243. The summed E-state index contributed by atoms with van der Waals surface area (Å²) in [7, 11) is 0. The predicted octanol–water partition coefficient (Wildman–Crippen LogP) is 3.04. The lowest BCUT2D eigenvalue weighted by atomic mass is 10.1. The number of nitrogens with one attached hydrogen (secondary N) is 2. The minimum absolute atomic E-state index is 0. The van der Waals surface area contributed by atoms with Crippen molar-refractivity contribution in [3.63, 3.8) is 0 Å². The van der Waals surface area contributed by atoms with Gasteiger partial charge in [-0.3, -0.25) is 9.69 Å². The van der Waals surface area contributed by atoms with E-state index in [0.717, 1.165) is 44.0 Å². The molecule has 1 aliphatic heterocycles. The van der Waals surface area contributed by atoms with Gasteiger partial charge in [-0.2, -0.15) is 0 Å². The molecule has 0 aromatic heterocycles. The Kier molecular flexibility index (Phi) is 8.98. The van der Waals surface area contributed by atoms with Crippen LogP contribution in [0, 0.1) is 0 Å². The summed E-state index contributed by atoms with van der Waals surface area (Å²) in [6.07, 6.45) is 0. The lowest BCUT2D eigenvalue weighted by Crippen LogP contribution is -2.46. The lowest BCUT2D eigenvalue weighted by Gasteiger charge is -2.27. The van der Waals surface area contributed by atoms with Crippen molar-refractivity contribution in [2.75, 3.05) is 39.3 Å². The summed E-state index contributed by atoms with van der Waals surface area (Å²) in [6, 6.07) is 18.3. The molecule has 1 heterocycles. The first kappa shape index (κ1) is 20.8. The Morgan fingerprint density at radius 1 is 1.04 bits per heavy atom. The van der Waals surface area contributed by atoms with E-state index in [1.165, 1.54) is 10.5 Å². The molecule has 1 saturated heterocycles. The fourth-order valence-corrected chi connectivity index (χ4v) is 3.68. The maximum Gasteiger partial charge on any atom is 0.251 e. The number of amides is 1. The first-order valence-corrected chi connectivity index (χ1v) is 9.78. The Labute approximate surface area is 166 Å². The van der Waals surface area contributed by atoms with Gasteiger partial charge in [0, 0.05) is 55.5 Å². The van der Waals surface area contributed by atoms with Crippen molar-refractivity contribution in [3.05, 3.63) is 65.7 Å². The van der Waals surface area contributed by atoms with E-state index in [1.807, 2.05) is 30.3 Å². The van der Waals surface area contributed by atoms with Crippen molar-refractivity contribution < 1.29 is 4.79 Å². The zero-order valence-electron chi connectivity index (χ0n) is 14.8. The molecule has 0 unspecified atom stereocenters. The number of hydrogen-bond donors (Lipinski definition) is 2. The number of nitrogens with zero attached hydrogens (tertiary/aromatic N) is 1. The minimum atomic E-state index is 0. The van der Waals surface area contributed by atoms with Gasteiger partial charge in [-0.15, -0.1) is 24.2 Å². The van der Waals surface area contributed by atoms with E-state index in [0.29, 0.717) is 6.54 Å². The highest BCUT2D eigenvalue weighted by atomic mass is 35.5. The molecule has 2 aromatic rings. The van der Waals surface area contributed by atoms with Crippen LogP contribution in [0.3, 0.4) is 0 Å². The molecule has 140 valence electrons. The number of benzene rings is 2. The highest BCUT2D eigenvalue weighted by molar-refractivity contribution is 7.98. The van der Waals surface area contributed by atoms with Crippen molar-refractivity contribution in [3.8, 4) is 0 Å². The van der Waals surface area contributed by atoms with Crippen LogP contribution in [0.1, 0.15) is 15.9 Å². The second-order valence-corrected chi connectivity index (χ2v) is 7.19. The highest BCUT2D eigenvalue weighted by Gasteiger charge is 2.10. The summed E-state index contributed by atoms with van der Waals surface area (Å²) in [5.74, 6) is 0.923. The maximum atomic E-state index is 12.2. The van der Waals surface area contributed by atoms with E-state index in [2.05, 4.69) is 39.8 Å². The average molecular weight is 392 g/mol. The van der Waals surface area contributed by atoms with Gasteiger partial charge in [0.2, 0.25) is 0 Å². The third-order valence-corrected chi connectivity index (χ3v) is 5.37. The molecular formula is C20H26ClN3OS. The molecule has 0 radical (unpaired) electrons. The number of carbonyl (C=O) groups is 1. The smallest absolute Gasteiger partial charge is 0.251 e. The summed E-state index contributed by atoms with van der Waals surface area (Å²) in [4.78, 5) is 15.9. The van der Waals surface area contributed by atoms with Crippen molar-refractivity contribution in [2.24, 2.45) is 0 Å². The maximum absolute atomic E-state index is 12.2. The molecular weight excluding hydrogens is 366 g/mol. The van der Waals surface area contributed by atoms with Crippen molar-refractivity contribution in [1.29, 1.82) is 0 Å². The van der Waals surface area contributed by atoms with Crippen LogP contribution >= 0.6 is 24.2 Å². The van der Waals surface area contributed by atoms with E-state index >= 15 is 0 Å². The molecule has 1 aliphatic rings. The Bertz CT molecular complexity index is 661. The SMILES string of the molecule is Cl.O=C(NCCN1CCNCC1)c1ccc(CSc2ccccc2)cc1. The van der Waals surface area contributed by atoms with Crippen LogP contribution in [0.15, 0.2) is 59.5 Å². The van der Waals surface area contributed by atoms with Crippen LogP contribution in [0.2, 0.25) is 0 Å². The molecule has 1 amide bonds. The van der Waals surface area contributed by atoms with Gasteiger partial charge >= 0.3 is 0 Å². The standard InChI is InChI=1S/C20H25N3OS.ClH/c24-20(22-12-15-23-13-10-21-11-14-23)18-8-6-17(7-9-18)16-25-19-4-2-1-3-5-19;/h1-9,21H,10-16H2,(H,22,24);1H. The number of rotatable bonds is 7. The van der Waals surface area contributed by atoms with Crippen LogP contribution in [-0.4, -0.2) is 50.1 Å². The first-order chi connectivity index (χ1) is 12.3. The second kappa shape index (κ2) is 11.2. The zero-order valence-corrected chi connectivity index (χ0v) is 16.5. The summed E-state index contributed by atoms with van der Waals surface area (Å²) < 4.78 is 0. The van der Waals surface area contributed by atoms with Gasteiger partial charge in [0.15, 0.2) is 0 Å². The molecule has 0 atom stereocenters. The Morgan fingerprint density at radius 3 is 2.42 bits per heavy atom. The zero-order chi connectivity index (χ0) is 17.3. The van der Waals surface area contributed by atoms with E-state index in [4.69, 9.17) is 0 Å². The molecule has 26 heavy (non-hydrogen) atoms. The van der Waals surface area contributed by atoms with Gasteiger partial charge in [-0.1, -0.05) is 30.3 Å².